The summed E-state index contributed by atoms with van der Waals surface area (Å²) >= 11 is 0. The Hall–Kier alpha value is -0.500. The van der Waals surface area contributed by atoms with Crippen LogP contribution in [0.25, 0.3) is 0 Å². The first-order valence-electron chi connectivity index (χ1n) is 3.72. The topological polar surface area (TPSA) is 29.3 Å². The van der Waals surface area contributed by atoms with Gasteiger partial charge in [0.05, 0.1) is 6.17 Å². The Kier molecular flexibility index (Phi) is 1.73. The Balaban J connectivity index is 2.64. The summed E-state index contributed by atoms with van der Waals surface area (Å²) in [5.74, 6) is 0. The molecule has 0 bridgehead atoms. The highest BCUT2D eigenvalue weighted by Gasteiger charge is 2.25. The molecular weight excluding hydrogens is 124 g/mol. The van der Waals surface area contributed by atoms with Gasteiger partial charge in [-0.25, -0.2) is 0 Å². The van der Waals surface area contributed by atoms with Gasteiger partial charge in [-0.3, -0.25) is 0 Å². The van der Waals surface area contributed by atoms with Crippen molar-refractivity contribution < 1.29 is 0 Å². The van der Waals surface area contributed by atoms with Crippen molar-refractivity contribution in [1.29, 1.82) is 0 Å². The molecule has 0 aromatic heterocycles. The Morgan fingerprint density at radius 2 is 2.10 bits per heavy atom. The first kappa shape index (κ1) is 7.61. The molecule has 10 heavy (non-hydrogen) atoms. The predicted molar refractivity (Wildman–Crippen MR) is 43.3 cm³/mol. The number of nitrogens with two attached hydrogens (primary N) is 1. The van der Waals surface area contributed by atoms with Crippen molar-refractivity contribution in [3.05, 3.63) is 12.3 Å². The van der Waals surface area contributed by atoms with E-state index in [9.17, 15) is 0 Å². The van der Waals surface area contributed by atoms with Gasteiger partial charge in [0, 0.05) is 12.0 Å². The normalized spacial score (nSPS) is 26.0. The third-order valence-electron chi connectivity index (χ3n) is 1.78. The molecule has 1 aliphatic rings. The zero-order valence-corrected chi connectivity index (χ0v) is 6.96. The summed E-state index contributed by atoms with van der Waals surface area (Å²) in [5.41, 5.74) is 6.00. The lowest BCUT2D eigenvalue weighted by molar-refractivity contribution is 0.164. The van der Waals surface area contributed by atoms with Crippen LogP contribution >= 0.6 is 0 Å². The van der Waals surface area contributed by atoms with Crippen molar-refractivity contribution in [3.63, 3.8) is 0 Å². The molecule has 58 valence electrons. The first-order chi connectivity index (χ1) is 4.52. The van der Waals surface area contributed by atoms with E-state index in [1.165, 1.54) is 0 Å². The number of hydrogen-bond donors (Lipinski definition) is 1. The molecule has 1 rings (SSSR count). The maximum atomic E-state index is 5.83. The second-order valence-electron chi connectivity index (χ2n) is 3.77. The van der Waals surface area contributed by atoms with E-state index in [0.717, 1.165) is 6.42 Å². The molecule has 0 aromatic rings. The lowest BCUT2D eigenvalue weighted by Crippen LogP contribution is -2.46. The zero-order chi connectivity index (χ0) is 7.78. The van der Waals surface area contributed by atoms with Gasteiger partial charge in [0.1, 0.15) is 0 Å². The van der Waals surface area contributed by atoms with Crippen LogP contribution in [0.15, 0.2) is 12.3 Å². The average Bonchev–Trinajstić information content (AvgIpc) is 2.11. The lowest BCUT2D eigenvalue weighted by atomic mass is 10.1. The van der Waals surface area contributed by atoms with Gasteiger partial charge in [0.25, 0.3) is 0 Å². The molecule has 0 radical (unpaired) electrons. The maximum Gasteiger partial charge on any atom is 0.0806 e. The van der Waals surface area contributed by atoms with Gasteiger partial charge < -0.3 is 10.6 Å². The molecule has 0 spiro atoms. The van der Waals surface area contributed by atoms with E-state index >= 15 is 0 Å². The molecule has 2 heteroatoms. The minimum Gasteiger partial charge on any atom is -0.358 e. The van der Waals surface area contributed by atoms with Crippen molar-refractivity contribution in [2.75, 3.05) is 0 Å². The molecule has 1 aliphatic heterocycles. The first-order valence-corrected chi connectivity index (χ1v) is 3.72. The maximum absolute atomic E-state index is 5.83. The van der Waals surface area contributed by atoms with Crippen LogP contribution in [0.5, 0.6) is 0 Å². The number of rotatable bonds is 0. The highest BCUT2D eigenvalue weighted by Crippen LogP contribution is 2.21. The second-order valence-corrected chi connectivity index (χ2v) is 3.77. The quantitative estimate of drug-likeness (QED) is 0.549. The van der Waals surface area contributed by atoms with Crippen LogP contribution in [0.2, 0.25) is 0 Å². The van der Waals surface area contributed by atoms with Crippen LogP contribution in [0.1, 0.15) is 27.2 Å². The third kappa shape index (κ3) is 1.32. The van der Waals surface area contributed by atoms with Crippen molar-refractivity contribution >= 4 is 0 Å². The smallest absolute Gasteiger partial charge is 0.0806 e. The Bertz CT molecular complexity index is 144. The predicted octanol–water partition coefficient (Wildman–Crippen LogP) is 1.29. The van der Waals surface area contributed by atoms with Gasteiger partial charge in [-0.1, -0.05) is 6.08 Å². The summed E-state index contributed by atoms with van der Waals surface area (Å²) in [4.78, 5) is 2.19. The van der Waals surface area contributed by atoms with E-state index in [0.29, 0.717) is 0 Å². The SMILES string of the molecule is CC(C)(C)N1C=CCC1N. The fourth-order valence-corrected chi connectivity index (χ4v) is 1.26. The molecule has 1 unspecified atom stereocenters. The molecular formula is C8H16N2. The van der Waals surface area contributed by atoms with E-state index in [-0.39, 0.29) is 11.7 Å². The van der Waals surface area contributed by atoms with Crippen LogP contribution in [-0.4, -0.2) is 16.6 Å². The molecule has 0 aliphatic carbocycles. The number of hydrogen-bond acceptors (Lipinski definition) is 2. The van der Waals surface area contributed by atoms with Crippen LogP contribution in [-0.2, 0) is 0 Å². The summed E-state index contributed by atoms with van der Waals surface area (Å²) in [6, 6.07) is 0. The van der Waals surface area contributed by atoms with Crippen LogP contribution in [0.4, 0.5) is 0 Å². The van der Waals surface area contributed by atoms with Crippen molar-refractivity contribution in [2.45, 2.75) is 38.9 Å². The van der Waals surface area contributed by atoms with Gasteiger partial charge in [-0.2, -0.15) is 0 Å². The Morgan fingerprint density at radius 1 is 1.50 bits per heavy atom. The molecule has 1 heterocycles. The summed E-state index contributed by atoms with van der Waals surface area (Å²) in [7, 11) is 0. The van der Waals surface area contributed by atoms with Crippen molar-refractivity contribution in [1.82, 2.24) is 4.90 Å². The highest BCUT2D eigenvalue weighted by molar-refractivity contribution is 5.00. The van der Waals surface area contributed by atoms with Gasteiger partial charge in [0.2, 0.25) is 0 Å². The average molecular weight is 140 g/mol. The van der Waals surface area contributed by atoms with Gasteiger partial charge in [0.15, 0.2) is 0 Å². The van der Waals surface area contributed by atoms with E-state index in [2.05, 4.69) is 37.9 Å². The summed E-state index contributed by atoms with van der Waals surface area (Å²) in [6.45, 7) is 6.51. The molecule has 0 saturated carbocycles. The molecule has 2 nitrogen and oxygen atoms in total. The van der Waals surface area contributed by atoms with Gasteiger partial charge in [-0.15, -0.1) is 0 Å². The highest BCUT2D eigenvalue weighted by atomic mass is 15.3. The molecule has 0 amide bonds. The van der Waals surface area contributed by atoms with E-state index in [1.54, 1.807) is 0 Å². The molecule has 0 saturated heterocycles. The standard InChI is InChI=1S/C8H16N2/c1-8(2,3)10-6-4-5-7(10)9/h4,6-7H,5,9H2,1-3H3. The van der Waals surface area contributed by atoms with Crippen LogP contribution in [0, 0.1) is 0 Å². The molecule has 0 aromatic carbocycles. The largest absolute Gasteiger partial charge is 0.358 e. The van der Waals surface area contributed by atoms with Gasteiger partial charge in [-0.05, 0) is 27.0 Å². The monoisotopic (exact) mass is 140 g/mol. The minimum atomic E-state index is 0.173. The number of nitrogens with zero attached hydrogens (tertiary/aromatic N) is 1. The molecule has 1 atom stereocenters. The van der Waals surface area contributed by atoms with E-state index in [1.807, 2.05) is 0 Å². The summed E-state index contributed by atoms with van der Waals surface area (Å²) < 4.78 is 0. The van der Waals surface area contributed by atoms with Crippen LogP contribution < -0.4 is 5.73 Å². The lowest BCUT2D eigenvalue weighted by Gasteiger charge is -2.35. The van der Waals surface area contributed by atoms with Gasteiger partial charge >= 0.3 is 0 Å². The minimum absolute atomic E-state index is 0.173. The van der Waals surface area contributed by atoms with Crippen LogP contribution in [0.3, 0.4) is 0 Å². The van der Waals surface area contributed by atoms with E-state index in [4.69, 9.17) is 5.73 Å². The zero-order valence-electron chi connectivity index (χ0n) is 6.96. The summed E-state index contributed by atoms with van der Waals surface area (Å²) in [6.07, 6.45) is 5.39. The second kappa shape index (κ2) is 2.27. The van der Waals surface area contributed by atoms with Crippen molar-refractivity contribution in [2.24, 2.45) is 5.73 Å². The third-order valence-corrected chi connectivity index (χ3v) is 1.78. The van der Waals surface area contributed by atoms with E-state index < -0.39 is 0 Å². The van der Waals surface area contributed by atoms with Crippen molar-refractivity contribution in [3.8, 4) is 0 Å². The fourth-order valence-electron chi connectivity index (χ4n) is 1.26. The summed E-state index contributed by atoms with van der Waals surface area (Å²) in [5, 5.41) is 0. The molecule has 0 fully saturated rings. The Morgan fingerprint density at radius 3 is 2.30 bits per heavy atom. The molecule has 2 N–H and O–H groups in total. The fraction of sp³-hybridized carbons (Fsp3) is 0.750. The Labute approximate surface area is 62.7 Å².